The molecule has 138 valence electrons. The summed E-state index contributed by atoms with van der Waals surface area (Å²) in [6.45, 7) is 3.56. The van der Waals surface area contributed by atoms with Crippen LogP contribution >= 0.6 is 0 Å². The van der Waals surface area contributed by atoms with Gasteiger partial charge in [-0.15, -0.1) is 0 Å². The van der Waals surface area contributed by atoms with Crippen molar-refractivity contribution in [1.29, 1.82) is 0 Å². The summed E-state index contributed by atoms with van der Waals surface area (Å²) in [6, 6.07) is 16.6. The van der Waals surface area contributed by atoms with Gasteiger partial charge in [0.05, 0.1) is 19.4 Å². The third kappa shape index (κ3) is 3.28. The molecule has 5 heteroatoms. The Morgan fingerprint density at radius 2 is 1.78 bits per heavy atom. The Kier molecular flexibility index (Phi) is 5.21. The molecule has 2 aromatic carbocycles. The number of benzene rings is 2. The van der Waals surface area contributed by atoms with Gasteiger partial charge in [-0.1, -0.05) is 30.3 Å². The summed E-state index contributed by atoms with van der Waals surface area (Å²) in [7, 11) is 1.60. The monoisotopic (exact) mass is 363 g/mol. The first-order chi connectivity index (χ1) is 13.0. The van der Waals surface area contributed by atoms with E-state index in [9.17, 15) is 9.59 Å². The second-order valence-electron chi connectivity index (χ2n) is 6.29. The lowest BCUT2D eigenvalue weighted by Gasteiger charge is -2.38. The van der Waals surface area contributed by atoms with Gasteiger partial charge >= 0.3 is 5.97 Å². The number of hydrogen-bond acceptors (Lipinski definition) is 5. The number of rotatable bonds is 6. The number of Topliss-reactive ketones (excluding diaryl/α,β-unsaturated/α-hetero) is 1. The van der Waals surface area contributed by atoms with E-state index in [0.29, 0.717) is 16.8 Å². The lowest BCUT2D eigenvalue weighted by molar-refractivity contribution is -0.155. The Hall–Kier alpha value is -3.21. The second kappa shape index (κ2) is 7.58. The summed E-state index contributed by atoms with van der Waals surface area (Å²) in [5, 5.41) is 0. The molecule has 5 nitrogen and oxygen atoms in total. The largest absolute Gasteiger partial charge is 0.497 e. The van der Waals surface area contributed by atoms with Gasteiger partial charge in [-0.05, 0) is 49.2 Å². The van der Waals surface area contributed by atoms with Crippen molar-refractivity contribution in [2.24, 2.45) is 10.4 Å². The van der Waals surface area contributed by atoms with E-state index in [4.69, 9.17) is 9.47 Å². The number of carbonyl (C=O) groups is 2. The molecule has 1 aliphatic rings. The molecule has 0 aromatic heterocycles. The van der Waals surface area contributed by atoms with Gasteiger partial charge in [-0.2, -0.15) is 0 Å². The zero-order valence-corrected chi connectivity index (χ0v) is 15.6. The Morgan fingerprint density at radius 3 is 2.37 bits per heavy atom. The number of allylic oxidation sites excluding steroid dienone is 1. The minimum atomic E-state index is -1.31. The average Bonchev–Trinajstić information content (AvgIpc) is 2.71. The molecular weight excluding hydrogens is 342 g/mol. The molecule has 0 fully saturated rings. The van der Waals surface area contributed by atoms with Crippen molar-refractivity contribution in [2.75, 3.05) is 13.7 Å². The Morgan fingerprint density at radius 1 is 1.11 bits per heavy atom. The first-order valence-electron chi connectivity index (χ1n) is 8.72. The predicted octanol–water partition coefficient (Wildman–Crippen LogP) is 4.00. The molecule has 0 heterocycles. The molecule has 1 aliphatic carbocycles. The van der Waals surface area contributed by atoms with Crippen LogP contribution in [0.1, 0.15) is 19.4 Å². The quantitative estimate of drug-likeness (QED) is 0.442. The molecule has 3 rings (SSSR count). The smallest absolute Gasteiger partial charge is 0.324 e. The number of carbonyl (C=O) groups excluding carboxylic acids is 2. The van der Waals surface area contributed by atoms with E-state index < -0.39 is 11.4 Å². The summed E-state index contributed by atoms with van der Waals surface area (Å²) in [5.74, 6) is -0.0831. The van der Waals surface area contributed by atoms with E-state index in [0.717, 1.165) is 11.3 Å². The van der Waals surface area contributed by atoms with Crippen LogP contribution in [-0.2, 0) is 14.3 Å². The van der Waals surface area contributed by atoms with Gasteiger partial charge in [0, 0.05) is 11.8 Å². The minimum Gasteiger partial charge on any atom is -0.497 e. The summed E-state index contributed by atoms with van der Waals surface area (Å²) < 4.78 is 10.3. The molecule has 0 saturated carbocycles. The molecule has 1 atom stereocenters. The van der Waals surface area contributed by atoms with Crippen molar-refractivity contribution in [1.82, 2.24) is 0 Å². The maximum absolute atomic E-state index is 12.8. The van der Waals surface area contributed by atoms with Crippen LogP contribution in [0.15, 0.2) is 65.2 Å². The fraction of sp³-hybridized carbons (Fsp3) is 0.227. The molecule has 0 amide bonds. The van der Waals surface area contributed by atoms with E-state index in [1.807, 2.05) is 30.3 Å². The highest BCUT2D eigenvalue weighted by atomic mass is 16.5. The highest BCUT2D eigenvalue weighted by molar-refractivity contribution is 6.39. The molecule has 27 heavy (non-hydrogen) atoms. The van der Waals surface area contributed by atoms with E-state index in [1.165, 1.54) is 6.21 Å². The van der Waals surface area contributed by atoms with Gasteiger partial charge in [-0.3, -0.25) is 14.6 Å². The number of methoxy groups -OCH3 is 1. The topological polar surface area (TPSA) is 65.0 Å². The summed E-state index contributed by atoms with van der Waals surface area (Å²) in [4.78, 5) is 29.7. The third-order valence-corrected chi connectivity index (χ3v) is 4.63. The van der Waals surface area contributed by atoms with Crippen LogP contribution in [0.5, 0.6) is 5.75 Å². The van der Waals surface area contributed by atoms with Gasteiger partial charge < -0.3 is 9.47 Å². The zero-order chi connectivity index (χ0) is 19.4. The zero-order valence-electron chi connectivity index (χ0n) is 15.6. The summed E-state index contributed by atoms with van der Waals surface area (Å²) in [5.41, 5.74) is 1.26. The fourth-order valence-electron chi connectivity index (χ4n) is 3.15. The number of ether oxygens (including phenoxy) is 2. The fourth-order valence-corrected chi connectivity index (χ4v) is 3.15. The van der Waals surface area contributed by atoms with Crippen LogP contribution in [0.3, 0.4) is 0 Å². The predicted molar refractivity (Wildman–Crippen MR) is 104 cm³/mol. The molecule has 0 spiro atoms. The van der Waals surface area contributed by atoms with Crippen LogP contribution in [0.2, 0.25) is 0 Å². The van der Waals surface area contributed by atoms with Crippen molar-refractivity contribution in [2.45, 2.75) is 13.8 Å². The molecule has 0 radical (unpaired) electrons. The van der Waals surface area contributed by atoms with Crippen LogP contribution < -0.4 is 4.74 Å². The summed E-state index contributed by atoms with van der Waals surface area (Å²) >= 11 is 0. The van der Waals surface area contributed by atoms with Crippen LogP contribution in [0.25, 0.3) is 5.57 Å². The molecule has 0 aliphatic heterocycles. The van der Waals surface area contributed by atoms with Crippen molar-refractivity contribution < 1.29 is 19.1 Å². The van der Waals surface area contributed by atoms with Gasteiger partial charge in [0.25, 0.3) is 0 Å². The number of ketones is 1. The van der Waals surface area contributed by atoms with Crippen molar-refractivity contribution in [3.63, 3.8) is 0 Å². The number of hydrogen-bond donors (Lipinski definition) is 0. The minimum absolute atomic E-state index is 0.221. The number of esters is 1. The lowest BCUT2D eigenvalue weighted by Crippen LogP contribution is -2.48. The van der Waals surface area contributed by atoms with Crippen molar-refractivity contribution in [3.8, 4) is 5.75 Å². The van der Waals surface area contributed by atoms with Crippen LogP contribution in [0, 0.1) is 5.41 Å². The number of nitrogens with zero attached hydrogens (tertiary/aromatic N) is 1. The molecule has 0 bridgehead atoms. The highest BCUT2D eigenvalue weighted by Crippen LogP contribution is 2.49. The maximum atomic E-state index is 12.8. The molecular formula is C22H21NO4. The normalized spacial score (nSPS) is 19.1. The van der Waals surface area contributed by atoms with Crippen molar-refractivity contribution >= 4 is 29.2 Å². The standard InChI is InChI=1S/C22H21NO4/c1-4-27-21(25)22(2)19(15-8-6-5-7-9-15)18(20(22)24)14-23-16-10-12-17(26-3)13-11-16/h5-14H,4H2,1-3H3. The van der Waals surface area contributed by atoms with Gasteiger partial charge in [0.2, 0.25) is 0 Å². The SMILES string of the molecule is CCOC(=O)C1(C)C(=O)C(C=Nc2ccc(OC)cc2)=C1c1ccccc1. The lowest BCUT2D eigenvalue weighted by atomic mass is 9.61. The average molecular weight is 363 g/mol. The molecule has 0 saturated heterocycles. The van der Waals surface area contributed by atoms with Gasteiger partial charge in [0.15, 0.2) is 11.2 Å². The first-order valence-corrected chi connectivity index (χ1v) is 8.72. The first kappa shape index (κ1) is 18.6. The van der Waals surface area contributed by atoms with Gasteiger partial charge in [-0.25, -0.2) is 0 Å². The highest BCUT2D eigenvalue weighted by Gasteiger charge is 2.56. The third-order valence-electron chi connectivity index (χ3n) is 4.63. The summed E-state index contributed by atoms with van der Waals surface area (Å²) in [6.07, 6.45) is 1.52. The van der Waals surface area contributed by atoms with Crippen LogP contribution in [0.4, 0.5) is 5.69 Å². The molecule has 1 unspecified atom stereocenters. The van der Waals surface area contributed by atoms with E-state index in [-0.39, 0.29) is 12.4 Å². The van der Waals surface area contributed by atoms with Gasteiger partial charge in [0.1, 0.15) is 5.75 Å². The Labute approximate surface area is 158 Å². The Bertz CT molecular complexity index is 913. The Balaban J connectivity index is 2.02. The van der Waals surface area contributed by atoms with Crippen LogP contribution in [-0.4, -0.2) is 31.7 Å². The molecule has 0 N–H and O–H groups in total. The van der Waals surface area contributed by atoms with E-state index in [1.54, 1.807) is 45.2 Å². The maximum Gasteiger partial charge on any atom is 0.324 e. The van der Waals surface area contributed by atoms with Crippen molar-refractivity contribution in [3.05, 3.63) is 65.7 Å². The van der Waals surface area contributed by atoms with E-state index in [2.05, 4.69) is 4.99 Å². The molecule has 2 aromatic rings. The number of aliphatic imine (C=N–C) groups is 1. The van der Waals surface area contributed by atoms with E-state index >= 15 is 0 Å². The second-order valence-corrected chi connectivity index (χ2v) is 6.29.